The standard InChI is InChI=1S/C23H22N4.2ClH/c1-15-21(18-6-9-22-23(12-18)26-14-25-22)8-7-19(27-15)13-24-20-10-16-4-2-3-5-17(16)11-20;;/h2-9,12,14,20,24H,10-11,13H2,1H3,(H,25,26);2*1H. The molecule has 0 unspecified atom stereocenters. The Morgan fingerprint density at radius 3 is 2.48 bits per heavy atom. The van der Waals surface area contributed by atoms with E-state index in [4.69, 9.17) is 4.98 Å². The Labute approximate surface area is 183 Å². The maximum absolute atomic E-state index is 4.84. The molecule has 2 aromatic carbocycles. The van der Waals surface area contributed by atoms with Gasteiger partial charge in [0.1, 0.15) is 0 Å². The van der Waals surface area contributed by atoms with E-state index >= 15 is 0 Å². The normalized spacial score (nSPS) is 13.0. The van der Waals surface area contributed by atoms with Gasteiger partial charge in [-0.3, -0.25) is 4.98 Å². The summed E-state index contributed by atoms with van der Waals surface area (Å²) in [5.74, 6) is 0. The Morgan fingerprint density at radius 1 is 1.00 bits per heavy atom. The molecule has 0 saturated heterocycles. The summed E-state index contributed by atoms with van der Waals surface area (Å²) in [6.45, 7) is 2.89. The van der Waals surface area contributed by atoms with Crippen molar-refractivity contribution in [1.29, 1.82) is 0 Å². The average Bonchev–Trinajstić information content (AvgIpc) is 3.32. The molecule has 0 amide bonds. The fourth-order valence-corrected chi connectivity index (χ4v) is 4.07. The lowest BCUT2D eigenvalue weighted by Crippen LogP contribution is -2.29. The van der Waals surface area contributed by atoms with E-state index in [-0.39, 0.29) is 24.8 Å². The maximum Gasteiger partial charge on any atom is 0.0931 e. The highest BCUT2D eigenvalue weighted by molar-refractivity contribution is 5.85. The van der Waals surface area contributed by atoms with Gasteiger partial charge in [0, 0.05) is 23.8 Å². The highest BCUT2D eigenvalue weighted by atomic mass is 35.5. The Hall–Kier alpha value is -2.40. The van der Waals surface area contributed by atoms with E-state index in [2.05, 4.69) is 70.7 Å². The van der Waals surface area contributed by atoms with Gasteiger partial charge >= 0.3 is 0 Å². The zero-order valence-corrected chi connectivity index (χ0v) is 17.8. The van der Waals surface area contributed by atoms with Crippen LogP contribution in [0.2, 0.25) is 0 Å². The molecule has 0 spiro atoms. The van der Waals surface area contributed by atoms with Crippen LogP contribution in [-0.4, -0.2) is 21.0 Å². The topological polar surface area (TPSA) is 53.6 Å². The van der Waals surface area contributed by atoms with Gasteiger partial charge in [-0.1, -0.05) is 36.4 Å². The molecule has 5 rings (SSSR count). The minimum atomic E-state index is 0. The molecular weight excluding hydrogens is 403 g/mol. The molecule has 0 atom stereocenters. The molecule has 0 bridgehead atoms. The van der Waals surface area contributed by atoms with Crippen molar-refractivity contribution in [3.63, 3.8) is 0 Å². The molecule has 4 aromatic rings. The van der Waals surface area contributed by atoms with Crippen molar-refractivity contribution in [2.45, 2.75) is 32.4 Å². The third-order valence-electron chi connectivity index (χ3n) is 5.50. The van der Waals surface area contributed by atoms with Crippen molar-refractivity contribution in [3.05, 3.63) is 83.4 Å². The molecule has 4 nitrogen and oxygen atoms in total. The average molecular weight is 427 g/mol. The SMILES string of the molecule is Cc1nc(CNC2Cc3ccccc3C2)ccc1-c1ccc2nc[nH]c2c1.Cl.Cl. The number of aromatic amines is 1. The quantitative estimate of drug-likeness (QED) is 0.480. The monoisotopic (exact) mass is 426 g/mol. The van der Waals surface area contributed by atoms with Crippen LogP contribution in [0.3, 0.4) is 0 Å². The first-order chi connectivity index (χ1) is 13.3. The minimum Gasteiger partial charge on any atom is -0.345 e. The third-order valence-corrected chi connectivity index (χ3v) is 5.50. The van der Waals surface area contributed by atoms with Crippen LogP contribution in [0.1, 0.15) is 22.5 Å². The van der Waals surface area contributed by atoms with Crippen molar-refractivity contribution >= 4 is 35.8 Å². The molecular formula is C23H24Cl2N4. The van der Waals surface area contributed by atoms with E-state index in [1.165, 1.54) is 22.3 Å². The van der Waals surface area contributed by atoms with Crippen LogP contribution >= 0.6 is 24.8 Å². The van der Waals surface area contributed by atoms with Crippen LogP contribution in [0.15, 0.2) is 60.9 Å². The molecule has 29 heavy (non-hydrogen) atoms. The highest BCUT2D eigenvalue weighted by Gasteiger charge is 2.20. The number of benzene rings is 2. The predicted octanol–water partition coefficient (Wildman–Crippen LogP) is 5.03. The van der Waals surface area contributed by atoms with Crippen molar-refractivity contribution in [2.24, 2.45) is 0 Å². The number of hydrogen-bond acceptors (Lipinski definition) is 3. The van der Waals surface area contributed by atoms with Gasteiger partial charge in [-0.05, 0) is 54.7 Å². The second kappa shape index (κ2) is 8.95. The summed E-state index contributed by atoms with van der Waals surface area (Å²) in [6.07, 6.45) is 3.95. The van der Waals surface area contributed by atoms with Crippen molar-refractivity contribution in [3.8, 4) is 11.1 Å². The van der Waals surface area contributed by atoms with Gasteiger partial charge in [0.15, 0.2) is 0 Å². The van der Waals surface area contributed by atoms with Crippen LogP contribution in [0.5, 0.6) is 0 Å². The molecule has 1 aliphatic carbocycles. The Morgan fingerprint density at radius 2 is 1.76 bits per heavy atom. The summed E-state index contributed by atoms with van der Waals surface area (Å²) >= 11 is 0. The number of aryl methyl sites for hydroxylation is 1. The Bertz CT molecular complexity index is 1100. The second-order valence-corrected chi connectivity index (χ2v) is 7.32. The number of halogens is 2. The first-order valence-electron chi connectivity index (χ1n) is 9.46. The largest absolute Gasteiger partial charge is 0.345 e. The van der Waals surface area contributed by atoms with Gasteiger partial charge in [0.05, 0.1) is 23.1 Å². The van der Waals surface area contributed by atoms with Crippen LogP contribution in [0.4, 0.5) is 0 Å². The van der Waals surface area contributed by atoms with Crippen molar-refractivity contribution in [2.75, 3.05) is 0 Å². The number of pyridine rings is 1. The summed E-state index contributed by atoms with van der Waals surface area (Å²) in [4.78, 5) is 12.3. The van der Waals surface area contributed by atoms with E-state index in [0.29, 0.717) is 6.04 Å². The number of nitrogens with zero attached hydrogens (tertiary/aromatic N) is 2. The van der Waals surface area contributed by atoms with E-state index in [0.717, 1.165) is 41.8 Å². The number of nitrogens with one attached hydrogen (secondary N) is 2. The first-order valence-corrected chi connectivity index (χ1v) is 9.46. The molecule has 1 aliphatic rings. The van der Waals surface area contributed by atoms with Crippen molar-refractivity contribution in [1.82, 2.24) is 20.3 Å². The van der Waals surface area contributed by atoms with Crippen LogP contribution in [-0.2, 0) is 19.4 Å². The highest BCUT2D eigenvalue weighted by Crippen LogP contribution is 2.26. The summed E-state index contributed by atoms with van der Waals surface area (Å²) in [5, 5.41) is 3.68. The Balaban J connectivity index is 0.00000120. The van der Waals surface area contributed by atoms with E-state index < -0.39 is 0 Å². The zero-order valence-electron chi connectivity index (χ0n) is 16.2. The number of H-pyrrole nitrogens is 1. The van der Waals surface area contributed by atoms with Gasteiger partial charge in [-0.2, -0.15) is 0 Å². The summed E-state index contributed by atoms with van der Waals surface area (Å²) < 4.78 is 0. The van der Waals surface area contributed by atoms with Crippen LogP contribution < -0.4 is 5.32 Å². The number of imidazole rings is 1. The second-order valence-electron chi connectivity index (χ2n) is 7.32. The lowest BCUT2D eigenvalue weighted by Gasteiger charge is -2.13. The fourth-order valence-electron chi connectivity index (χ4n) is 4.07. The molecule has 0 fully saturated rings. The summed E-state index contributed by atoms with van der Waals surface area (Å²) in [7, 11) is 0. The molecule has 2 heterocycles. The summed E-state index contributed by atoms with van der Waals surface area (Å²) in [5.41, 5.74) is 9.48. The maximum atomic E-state index is 4.84. The number of hydrogen-bond donors (Lipinski definition) is 2. The molecule has 150 valence electrons. The smallest absolute Gasteiger partial charge is 0.0931 e. The van der Waals surface area contributed by atoms with E-state index in [1.807, 2.05) is 6.07 Å². The molecule has 2 aromatic heterocycles. The van der Waals surface area contributed by atoms with Gasteiger partial charge < -0.3 is 10.3 Å². The molecule has 0 radical (unpaired) electrons. The summed E-state index contributed by atoms with van der Waals surface area (Å²) in [6, 6.07) is 19.9. The minimum absolute atomic E-state index is 0. The first kappa shape index (κ1) is 21.3. The fraction of sp³-hybridized carbons (Fsp3) is 0.217. The van der Waals surface area contributed by atoms with E-state index in [1.54, 1.807) is 6.33 Å². The third kappa shape index (κ3) is 4.30. The lowest BCUT2D eigenvalue weighted by atomic mass is 10.0. The van der Waals surface area contributed by atoms with Gasteiger partial charge in [-0.25, -0.2) is 4.98 Å². The molecule has 2 N–H and O–H groups in total. The van der Waals surface area contributed by atoms with E-state index in [9.17, 15) is 0 Å². The number of aromatic nitrogens is 3. The molecule has 6 heteroatoms. The number of rotatable bonds is 4. The Kier molecular flexibility index (Phi) is 6.58. The molecule has 0 saturated carbocycles. The van der Waals surface area contributed by atoms with Gasteiger partial charge in [0.2, 0.25) is 0 Å². The van der Waals surface area contributed by atoms with Gasteiger partial charge in [0.25, 0.3) is 0 Å². The number of fused-ring (bicyclic) bond motifs is 2. The van der Waals surface area contributed by atoms with Crippen molar-refractivity contribution < 1.29 is 0 Å². The van der Waals surface area contributed by atoms with Gasteiger partial charge in [-0.15, -0.1) is 24.8 Å². The lowest BCUT2D eigenvalue weighted by molar-refractivity contribution is 0.527. The van der Waals surface area contributed by atoms with Crippen LogP contribution in [0.25, 0.3) is 22.2 Å². The predicted molar refractivity (Wildman–Crippen MR) is 123 cm³/mol. The molecule has 0 aliphatic heterocycles. The zero-order chi connectivity index (χ0) is 18.2. The van der Waals surface area contributed by atoms with Crippen LogP contribution in [0, 0.1) is 6.92 Å².